The number of hydrogen-bond acceptors (Lipinski definition) is 3. The van der Waals surface area contributed by atoms with Gasteiger partial charge in [-0.15, -0.1) is 0 Å². The summed E-state index contributed by atoms with van der Waals surface area (Å²) in [5, 5.41) is 0. The highest BCUT2D eigenvalue weighted by Gasteiger charge is 2.03. The second-order valence-electron chi connectivity index (χ2n) is 3.44. The van der Waals surface area contributed by atoms with Gasteiger partial charge < -0.3 is 15.2 Å². The first-order valence-electron chi connectivity index (χ1n) is 4.47. The zero-order chi connectivity index (χ0) is 9.40. The number of hydrogen-bond donors (Lipinski definition) is 1. The molecule has 0 bridgehead atoms. The normalized spacial score (nSPS) is 16.0. The second-order valence-corrected chi connectivity index (χ2v) is 3.44. The lowest BCUT2D eigenvalue weighted by atomic mass is 10.2. The van der Waals surface area contributed by atoms with Gasteiger partial charge in [-0.3, -0.25) is 0 Å². The molecule has 0 aliphatic heterocycles. The summed E-state index contributed by atoms with van der Waals surface area (Å²) in [6, 6.07) is 0. The van der Waals surface area contributed by atoms with E-state index >= 15 is 0 Å². The van der Waals surface area contributed by atoms with Gasteiger partial charge in [-0.05, 0) is 12.5 Å². The lowest BCUT2D eigenvalue weighted by Crippen LogP contribution is -2.19. The Kier molecular flexibility index (Phi) is 7.45. The van der Waals surface area contributed by atoms with E-state index in [-0.39, 0.29) is 0 Å². The lowest BCUT2D eigenvalue weighted by molar-refractivity contribution is 0.0507. The van der Waals surface area contributed by atoms with Crippen molar-refractivity contribution in [2.75, 3.05) is 33.5 Å². The van der Waals surface area contributed by atoms with E-state index < -0.39 is 0 Å². The molecule has 0 rings (SSSR count). The van der Waals surface area contributed by atoms with Crippen LogP contribution in [0.4, 0.5) is 0 Å². The van der Waals surface area contributed by atoms with Crippen LogP contribution < -0.4 is 5.73 Å². The van der Waals surface area contributed by atoms with E-state index in [9.17, 15) is 0 Å². The van der Waals surface area contributed by atoms with Crippen molar-refractivity contribution in [3.8, 4) is 0 Å². The Morgan fingerprint density at radius 3 is 2.17 bits per heavy atom. The van der Waals surface area contributed by atoms with Crippen LogP contribution in [0.3, 0.4) is 0 Å². The minimum absolute atomic E-state index is 0.458. The van der Waals surface area contributed by atoms with Crippen LogP contribution in [0.2, 0.25) is 0 Å². The Hall–Kier alpha value is -0.120. The maximum Gasteiger partial charge on any atom is 0.0513 e. The van der Waals surface area contributed by atoms with E-state index in [0.717, 1.165) is 19.8 Å². The third kappa shape index (κ3) is 6.58. The van der Waals surface area contributed by atoms with Crippen LogP contribution in [0.15, 0.2) is 0 Å². The molecule has 0 saturated heterocycles. The third-order valence-electron chi connectivity index (χ3n) is 1.66. The molecule has 0 aromatic heterocycles. The SMILES string of the molecule is COCC(C)COCC(C)CN. The zero-order valence-corrected chi connectivity index (χ0v) is 8.38. The van der Waals surface area contributed by atoms with Crippen LogP contribution in [0, 0.1) is 11.8 Å². The van der Waals surface area contributed by atoms with Gasteiger partial charge in [0, 0.05) is 13.0 Å². The Labute approximate surface area is 75.2 Å². The van der Waals surface area contributed by atoms with Gasteiger partial charge in [0.05, 0.1) is 19.8 Å². The first-order valence-corrected chi connectivity index (χ1v) is 4.47. The third-order valence-corrected chi connectivity index (χ3v) is 1.66. The first-order chi connectivity index (χ1) is 5.70. The standard InChI is InChI=1S/C9H21NO2/c1-8(4-10)6-12-7-9(2)5-11-3/h8-9H,4-7,10H2,1-3H3. The molecule has 0 aliphatic rings. The van der Waals surface area contributed by atoms with Gasteiger partial charge in [-0.25, -0.2) is 0 Å². The van der Waals surface area contributed by atoms with E-state index in [1.165, 1.54) is 0 Å². The molecule has 0 aromatic rings. The summed E-state index contributed by atoms with van der Waals surface area (Å²) in [5.41, 5.74) is 5.44. The number of nitrogens with two attached hydrogens (primary N) is 1. The van der Waals surface area contributed by atoms with E-state index in [0.29, 0.717) is 18.4 Å². The maximum absolute atomic E-state index is 5.44. The highest BCUT2D eigenvalue weighted by molar-refractivity contribution is 4.52. The largest absolute Gasteiger partial charge is 0.384 e. The van der Waals surface area contributed by atoms with Crippen LogP contribution in [-0.4, -0.2) is 33.5 Å². The Balaban J connectivity index is 3.18. The quantitative estimate of drug-likeness (QED) is 0.624. The summed E-state index contributed by atoms with van der Waals surface area (Å²) in [7, 11) is 1.71. The summed E-state index contributed by atoms with van der Waals surface area (Å²) in [6.07, 6.45) is 0. The molecule has 74 valence electrons. The molecular weight excluding hydrogens is 154 g/mol. The van der Waals surface area contributed by atoms with Gasteiger partial charge in [0.1, 0.15) is 0 Å². The van der Waals surface area contributed by atoms with E-state index in [1.807, 2.05) is 0 Å². The fraction of sp³-hybridized carbons (Fsp3) is 1.00. The molecule has 0 saturated carbocycles. The monoisotopic (exact) mass is 175 g/mol. The lowest BCUT2D eigenvalue weighted by Gasteiger charge is -2.13. The van der Waals surface area contributed by atoms with Crippen molar-refractivity contribution < 1.29 is 9.47 Å². The molecule has 3 heteroatoms. The van der Waals surface area contributed by atoms with Crippen LogP contribution in [0.5, 0.6) is 0 Å². The summed E-state index contributed by atoms with van der Waals surface area (Å²) >= 11 is 0. The van der Waals surface area contributed by atoms with Crippen molar-refractivity contribution in [2.45, 2.75) is 13.8 Å². The van der Waals surface area contributed by atoms with E-state index in [4.69, 9.17) is 15.2 Å². The summed E-state index contributed by atoms with van der Waals surface area (Å²) in [5.74, 6) is 0.930. The van der Waals surface area contributed by atoms with Crippen molar-refractivity contribution >= 4 is 0 Å². The Bertz CT molecular complexity index is 98.5. The van der Waals surface area contributed by atoms with Gasteiger partial charge in [-0.1, -0.05) is 13.8 Å². The molecule has 0 amide bonds. The van der Waals surface area contributed by atoms with Crippen LogP contribution in [-0.2, 0) is 9.47 Å². The maximum atomic E-state index is 5.44. The van der Waals surface area contributed by atoms with Crippen molar-refractivity contribution in [3.63, 3.8) is 0 Å². The van der Waals surface area contributed by atoms with Crippen molar-refractivity contribution in [1.29, 1.82) is 0 Å². The van der Waals surface area contributed by atoms with E-state index in [2.05, 4.69) is 13.8 Å². The highest BCUT2D eigenvalue weighted by Crippen LogP contribution is 1.98. The van der Waals surface area contributed by atoms with Crippen molar-refractivity contribution in [2.24, 2.45) is 17.6 Å². The fourth-order valence-electron chi connectivity index (χ4n) is 0.871. The van der Waals surface area contributed by atoms with E-state index in [1.54, 1.807) is 7.11 Å². The van der Waals surface area contributed by atoms with Gasteiger partial charge in [0.25, 0.3) is 0 Å². The first kappa shape index (κ1) is 11.9. The Morgan fingerprint density at radius 1 is 1.08 bits per heavy atom. The molecule has 0 spiro atoms. The summed E-state index contributed by atoms with van der Waals surface area (Å²) in [6.45, 7) is 7.16. The highest BCUT2D eigenvalue weighted by atomic mass is 16.5. The molecule has 2 unspecified atom stereocenters. The average Bonchev–Trinajstić information content (AvgIpc) is 2.04. The molecular formula is C9H21NO2. The van der Waals surface area contributed by atoms with Crippen LogP contribution >= 0.6 is 0 Å². The molecule has 0 fully saturated rings. The summed E-state index contributed by atoms with van der Waals surface area (Å²) in [4.78, 5) is 0. The molecule has 0 radical (unpaired) electrons. The van der Waals surface area contributed by atoms with Crippen LogP contribution in [0.25, 0.3) is 0 Å². The van der Waals surface area contributed by atoms with Gasteiger partial charge in [0.15, 0.2) is 0 Å². The summed E-state index contributed by atoms with van der Waals surface area (Å²) < 4.78 is 10.4. The molecule has 2 N–H and O–H groups in total. The van der Waals surface area contributed by atoms with Crippen molar-refractivity contribution in [1.82, 2.24) is 0 Å². The second kappa shape index (κ2) is 7.53. The number of rotatable bonds is 7. The zero-order valence-electron chi connectivity index (χ0n) is 8.38. The molecule has 0 aromatic carbocycles. The topological polar surface area (TPSA) is 44.5 Å². The molecule has 12 heavy (non-hydrogen) atoms. The predicted octanol–water partition coefficient (Wildman–Crippen LogP) is 0.880. The molecule has 0 heterocycles. The van der Waals surface area contributed by atoms with Gasteiger partial charge in [-0.2, -0.15) is 0 Å². The number of methoxy groups -OCH3 is 1. The molecule has 0 aliphatic carbocycles. The van der Waals surface area contributed by atoms with Crippen LogP contribution in [0.1, 0.15) is 13.8 Å². The average molecular weight is 175 g/mol. The van der Waals surface area contributed by atoms with Gasteiger partial charge in [0.2, 0.25) is 0 Å². The van der Waals surface area contributed by atoms with Gasteiger partial charge >= 0.3 is 0 Å². The van der Waals surface area contributed by atoms with Crippen molar-refractivity contribution in [3.05, 3.63) is 0 Å². The molecule has 3 nitrogen and oxygen atoms in total. The fourth-order valence-corrected chi connectivity index (χ4v) is 0.871. The number of ether oxygens (including phenoxy) is 2. The molecule has 2 atom stereocenters. The minimum atomic E-state index is 0.458. The minimum Gasteiger partial charge on any atom is -0.384 e. The Morgan fingerprint density at radius 2 is 1.67 bits per heavy atom. The smallest absolute Gasteiger partial charge is 0.0513 e. The predicted molar refractivity (Wildman–Crippen MR) is 50.1 cm³/mol.